The third-order valence-electron chi connectivity index (χ3n) is 4.80. The fourth-order valence-electron chi connectivity index (χ4n) is 3.20. The summed E-state index contributed by atoms with van der Waals surface area (Å²) in [4.78, 5) is 16.9. The third kappa shape index (κ3) is 5.14. The largest absolute Gasteiger partial charge is 0.487 e. The summed E-state index contributed by atoms with van der Waals surface area (Å²) < 4.78 is 5.72. The van der Waals surface area contributed by atoms with Gasteiger partial charge in [0, 0.05) is 21.7 Å². The Morgan fingerprint density at radius 3 is 2.69 bits per heavy atom. The molecular formula is C25H18ClN3O2S. The minimum atomic E-state index is -0.486. The number of hydrogen-bond acceptors (Lipinski definition) is 5. The van der Waals surface area contributed by atoms with Crippen molar-refractivity contribution in [3.05, 3.63) is 111 Å². The molecule has 158 valence electrons. The first-order chi connectivity index (χ1) is 15.6. The van der Waals surface area contributed by atoms with Gasteiger partial charge in [-0.05, 0) is 41.5 Å². The van der Waals surface area contributed by atoms with Crippen LogP contribution in [0.15, 0.2) is 83.7 Å². The Bertz CT molecular complexity index is 1250. The van der Waals surface area contributed by atoms with Gasteiger partial charge in [-0.1, -0.05) is 54.1 Å². The monoisotopic (exact) mass is 459 g/mol. The van der Waals surface area contributed by atoms with Crippen molar-refractivity contribution in [1.29, 1.82) is 5.26 Å². The summed E-state index contributed by atoms with van der Waals surface area (Å²) >= 11 is 7.97. The fourth-order valence-corrected chi connectivity index (χ4v) is 4.04. The molecule has 0 saturated heterocycles. The molecule has 0 aliphatic heterocycles. The van der Waals surface area contributed by atoms with Gasteiger partial charge in [0.25, 0.3) is 5.91 Å². The average Bonchev–Trinajstić information content (AvgIpc) is 3.34. The molecule has 0 aliphatic rings. The van der Waals surface area contributed by atoms with Crippen molar-refractivity contribution in [1.82, 2.24) is 4.98 Å². The van der Waals surface area contributed by atoms with Crippen LogP contribution >= 0.6 is 22.9 Å². The predicted octanol–water partition coefficient (Wildman–Crippen LogP) is 6.28. The topological polar surface area (TPSA) is 75.0 Å². The maximum Gasteiger partial charge on any atom is 0.255 e. The zero-order valence-electron chi connectivity index (χ0n) is 16.9. The van der Waals surface area contributed by atoms with Crippen molar-refractivity contribution in [3.8, 4) is 11.8 Å². The SMILES string of the molecule is N#CC(c1ccccc1)c1ccc(NC(=O)c2cccc(OCc3cscn3)c2)cc1Cl. The van der Waals surface area contributed by atoms with Crippen LogP contribution in [0, 0.1) is 11.3 Å². The van der Waals surface area contributed by atoms with Crippen LogP contribution in [0.5, 0.6) is 5.75 Å². The van der Waals surface area contributed by atoms with Crippen molar-refractivity contribution in [2.45, 2.75) is 12.5 Å². The summed E-state index contributed by atoms with van der Waals surface area (Å²) in [5, 5.41) is 14.8. The van der Waals surface area contributed by atoms with Gasteiger partial charge in [-0.15, -0.1) is 11.3 Å². The quantitative estimate of drug-likeness (QED) is 0.352. The number of nitrogens with zero attached hydrogens (tertiary/aromatic N) is 2. The Labute approximate surface area is 194 Å². The van der Waals surface area contributed by atoms with Crippen LogP contribution in [0.25, 0.3) is 0 Å². The molecule has 1 unspecified atom stereocenters. The number of nitrogens with one attached hydrogen (secondary N) is 1. The molecule has 0 fully saturated rings. The summed E-state index contributed by atoms with van der Waals surface area (Å²) in [6.45, 7) is 0.340. The molecule has 7 heteroatoms. The van der Waals surface area contributed by atoms with Gasteiger partial charge in [0.2, 0.25) is 0 Å². The lowest BCUT2D eigenvalue weighted by molar-refractivity contribution is 0.102. The Kier molecular flexibility index (Phi) is 6.81. The highest BCUT2D eigenvalue weighted by Gasteiger charge is 2.17. The van der Waals surface area contributed by atoms with Crippen LogP contribution in [0.1, 0.15) is 33.1 Å². The number of ether oxygens (including phenoxy) is 1. The van der Waals surface area contributed by atoms with Gasteiger partial charge in [-0.3, -0.25) is 4.79 Å². The summed E-state index contributed by atoms with van der Waals surface area (Å²) in [5.74, 6) is -0.188. The van der Waals surface area contributed by atoms with E-state index in [0.717, 1.165) is 11.3 Å². The second-order valence-corrected chi connectivity index (χ2v) is 8.09. The standard InChI is InChI=1S/C25H18ClN3O2S/c26-24-12-19(9-10-22(24)23(13-27)17-5-2-1-3-6-17)29-25(30)18-7-4-8-21(11-18)31-14-20-15-32-16-28-20/h1-12,15-16,23H,14H2,(H,29,30). The summed E-state index contributed by atoms with van der Waals surface area (Å²) in [6, 6.07) is 23.9. The van der Waals surface area contributed by atoms with Crippen molar-refractivity contribution in [3.63, 3.8) is 0 Å². The van der Waals surface area contributed by atoms with E-state index in [9.17, 15) is 10.1 Å². The molecule has 0 saturated carbocycles. The Morgan fingerprint density at radius 2 is 1.97 bits per heavy atom. The van der Waals surface area contributed by atoms with E-state index in [0.29, 0.717) is 34.2 Å². The van der Waals surface area contributed by atoms with E-state index in [4.69, 9.17) is 16.3 Å². The second kappa shape index (κ2) is 10.1. The number of halogens is 1. The van der Waals surface area contributed by atoms with E-state index in [-0.39, 0.29) is 5.91 Å². The van der Waals surface area contributed by atoms with E-state index in [2.05, 4.69) is 16.4 Å². The Hall–Kier alpha value is -3.66. The average molecular weight is 460 g/mol. The molecule has 0 bridgehead atoms. The molecule has 0 aliphatic carbocycles. The van der Waals surface area contributed by atoms with Crippen LogP contribution in [-0.2, 0) is 6.61 Å². The first-order valence-electron chi connectivity index (χ1n) is 9.79. The number of nitriles is 1. The number of carbonyl (C=O) groups excluding carboxylic acids is 1. The number of hydrogen-bond donors (Lipinski definition) is 1. The lowest BCUT2D eigenvalue weighted by atomic mass is 9.92. The molecule has 3 aromatic carbocycles. The third-order valence-corrected chi connectivity index (χ3v) is 5.76. The van der Waals surface area contributed by atoms with Crippen LogP contribution in [0.2, 0.25) is 5.02 Å². The molecule has 1 aromatic heterocycles. The highest BCUT2D eigenvalue weighted by molar-refractivity contribution is 7.07. The summed E-state index contributed by atoms with van der Waals surface area (Å²) in [7, 11) is 0. The highest BCUT2D eigenvalue weighted by atomic mass is 35.5. The van der Waals surface area contributed by atoms with Gasteiger partial charge in [-0.2, -0.15) is 5.26 Å². The molecule has 1 heterocycles. The van der Waals surface area contributed by atoms with Crippen molar-refractivity contribution in [2.24, 2.45) is 0 Å². The Morgan fingerprint density at radius 1 is 1.12 bits per heavy atom. The van der Waals surface area contributed by atoms with Gasteiger partial charge in [0.15, 0.2) is 0 Å². The highest BCUT2D eigenvalue weighted by Crippen LogP contribution is 2.32. The Balaban J connectivity index is 1.46. The summed E-state index contributed by atoms with van der Waals surface area (Å²) in [5.41, 5.74) is 5.14. The second-order valence-electron chi connectivity index (χ2n) is 6.96. The zero-order valence-corrected chi connectivity index (χ0v) is 18.4. The number of carbonyl (C=O) groups is 1. The van der Waals surface area contributed by atoms with Gasteiger partial charge in [-0.25, -0.2) is 4.98 Å². The number of amides is 1. The first-order valence-corrected chi connectivity index (χ1v) is 11.1. The fraction of sp³-hybridized carbons (Fsp3) is 0.0800. The molecule has 5 nitrogen and oxygen atoms in total. The van der Waals surface area contributed by atoms with Gasteiger partial charge >= 0.3 is 0 Å². The normalized spacial score (nSPS) is 11.4. The number of rotatable bonds is 7. The van der Waals surface area contributed by atoms with E-state index in [1.807, 2.05) is 35.7 Å². The number of anilines is 1. The summed E-state index contributed by atoms with van der Waals surface area (Å²) in [6.07, 6.45) is 0. The molecule has 0 radical (unpaired) electrons. The van der Waals surface area contributed by atoms with Crippen LogP contribution in [-0.4, -0.2) is 10.9 Å². The van der Waals surface area contributed by atoms with Crippen molar-refractivity contribution < 1.29 is 9.53 Å². The minimum absolute atomic E-state index is 0.284. The van der Waals surface area contributed by atoms with Crippen molar-refractivity contribution in [2.75, 3.05) is 5.32 Å². The van der Waals surface area contributed by atoms with E-state index in [1.165, 1.54) is 11.3 Å². The smallest absolute Gasteiger partial charge is 0.255 e. The number of benzene rings is 3. The van der Waals surface area contributed by atoms with Crippen LogP contribution in [0.3, 0.4) is 0 Å². The molecule has 0 spiro atoms. The zero-order chi connectivity index (χ0) is 22.3. The van der Waals surface area contributed by atoms with Gasteiger partial charge < -0.3 is 10.1 Å². The lowest BCUT2D eigenvalue weighted by Crippen LogP contribution is -2.12. The first kappa shape index (κ1) is 21.6. The van der Waals surface area contributed by atoms with E-state index < -0.39 is 5.92 Å². The van der Waals surface area contributed by atoms with Gasteiger partial charge in [0.1, 0.15) is 12.4 Å². The molecular weight excluding hydrogens is 442 g/mol. The minimum Gasteiger partial charge on any atom is -0.487 e. The molecule has 32 heavy (non-hydrogen) atoms. The molecule has 1 N–H and O–H groups in total. The molecule has 4 rings (SSSR count). The maximum atomic E-state index is 12.7. The maximum absolute atomic E-state index is 12.7. The van der Waals surface area contributed by atoms with Crippen LogP contribution in [0.4, 0.5) is 5.69 Å². The van der Waals surface area contributed by atoms with E-state index >= 15 is 0 Å². The molecule has 1 atom stereocenters. The molecule has 4 aromatic rings. The van der Waals surface area contributed by atoms with Gasteiger partial charge in [0.05, 0.1) is 23.2 Å². The van der Waals surface area contributed by atoms with Crippen LogP contribution < -0.4 is 10.1 Å². The number of aromatic nitrogens is 1. The lowest BCUT2D eigenvalue weighted by Gasteiger charge is -2.14. The van der Waals surface area contributed by atoms with Crippen molar-refractivity contribution >= 4 is 34.5 Å². The molecule has 1 amide bonds. The predicted molar refractivity (Wildman–Crippen MR) is 126 cm³/mol. The number of thiazole rings is 1. The van der Waals surface area contributed by atoms with E-state index in [1.54, 1.807) is 48.0 Å².